The normalized spacial score (nSPS) is 18.4. The highest BCUT2D eigenvalue weighted by atomic mass is 16.3. The highest BCUT2D eigenvalue weighted by molar-refractivity contribution is 5.53. The van der Waals surface area contributed by atoms with Gasteiger partial charge < -0.3 is 25.5 Å². The van der Waals surface area contributed by atoms with Crippen molar-refractivity contribution in [3.8, 4) is 0 Å². The molecule has 0 spiro atoms. The number of hydrogen-bond donors (Lipinski definition) is 3. The average molecular weight is 352 g/mol. The van der Waals surface area contributed by atoms with Crippen LogP contribution in [0.15, 0.2) is 48.5 Å². The van der Waals surface area contributed by atoms with E-state index in [0.29, 0.717) is 0 Å². The molecule has 2 aromatic carbocycles. The van der Waals surface area contributed by atoms with Gasteiger partial charge in [-0.15, -0.1) is 0 Å². The predicted octanol–water partition coefficient (Wildman–Crippen LogP) is 1.59. The molecule has 26 heavy (non-hydrogen) atoms. The maximum Gasteiger partial charge on any atom is 0.104 e. The van der Waals surface area contributed by atoms with Crippen LogP contribution in [0.1, 0.15) is 17.2 Å². The van der Waals surface area contributed by atoms with Gasteiger partial charge in [0.15, 0.2) is 0 Å². The van der Waals surface area contributed by atoms with Gasteiger partial charge in [0.25, 0.3) is 0 Å². The van der Waals surface area contributed by atoms with Gasteiger partial charge in [-0.1, -0.05) is 24.3 Å². The van der Waals surface area contributed by atoms with Crippen LogP contribution in [0.2, 0.25) is 0 Å². The van der Waals surface area contributed by atoms with Crippen LogP contribution in [-0.4, -0.2) is 57.5 Å². The molecule has 4 rings (SSSR count). The van der Waals surface area contributed by atoms with Crippen molar-refractivity contribution in [1.29, 1.82) is 0 Å². The van der Waals surface area contributed by atoms with Crippen LogP contribution in [0.5, 0.6) is 0 Å². The minimum Gasteiger partial charge on any atom is -0.384 e. The summed E-state index contributed by atoms with van der Waals surface area (Å²) in [5.41, 5.74) is 4.31. The van der Waals surface area contributed by atoms with Gasteiger partial charge in [0.05, 0.1) is 0 Å². The largest absolute Gasteiger partial charge is 0.384 e. The van der Waals surface area contributed by atoms with Crippen molar-refractivity contribution in [2.75, 3.05) is 62.2 Å². The van der Waals surface area contributed by atoms with E-state index in [1.807, 2.05) is 12.1 Å². The van der Waals surface area contributed by atoms with E-state index in [2.05, 4.69) is 56.8 Å². The van der Waals surface area contributed by atoms with Gasteiger partial charge in [-0.2, -0.15) is 0 Å². The second-order valence-electron chi connectivity index (χ2n) is 7.07. The fraction of sp³-hybridized carbons (Fsp3) is 0.429. The van der Waals surface area contributed by atoms with Gasteiger partial charge in [0.2, 0.25) is 0 Å². The van der Waals surface area contributed by atoms with Gasteiger partial charge in [0.1, 0.15) is 6.10 Å². The van der Waals surface area contributed by atoms with E-state index in [-0.39, 0.29) is 0 Å². The molecule has 3 N–H and O–H groups in total. The molecule has 2 heterocycles. The Balaban J connectivity index is 1.54. The number of hydrogen-bond acceptors (Lipinski definition) is 5. The summed E-state index contributed by atoms with van der Waals surface area (Å²) in [4.78, 5) is 4.76. The summed E-state index contributed by atoms with van der Waals surface area (Å²) in [7, 11) is 0. The third kappa shape index (κ3) is 3.85. The summed E-state index contributed by atoms with van der Waals surface area (Å²) in [5.74, 6) is 0. The van der Waals surface area contributed by atoms with Crippen molar-refractivity contribution >= 4 is 11.4 Å². The Morgan fingerprint density at radius 2 is 1.12 bits per heavy atom. The molecule has 0 unspecified atom stereocenters. The Morgan fingerprint density at radius 1 is 0.692 bits per heavy atom. The summed E-state index contributed by atoms with van der Waals surface area (Å²) in [5, 5.41) is 17.7. The van der Waals surface area contributed by atoms with Crippen molar-refractivity contribution < 1.29 is 5.11 Å². The van der Waals surface area contributed by atoms with E-state index in [4.69, 9.17) is 0 Å². The Hall–Kier alpha value is -2.08. The van der Waals surface area contributed by atoms with Crippen LogP contribution in [0.4, 0.5) is 11.4 Å². The topological polar surface area (TPSA) is 50.8 Å². The molecule has 0 bridgehead atoms. The molecule has 2 saturated heterocycles. The van der Waals surface area contributed by atoms with Gasteiger partial charge >= 0.3 is 0 Å². The van der Waals surface area contributed by atoms with Crippen molar-refractivity contribution in [2.24, 2.45) is 0 Å². The molecular formula is C21H28N4O. The first kappa shape index (κ1) is 17.3. The lowest BCUT2D eigenvalue weighted by Crippen LogP contribution is -2.43. The van der Waals surface area contributed by atoms with Gasteiger partial charge in [-0.25, -0.2) is 0 Å². The molecule has 0 radical (unpaired) electrons. The quantitative estimate of drug-likeness (QED) is 0.780. The van der Waals surface area contributed by atoms with E-state index >= 15 is 0 Å². The lowest BCUT2D eigenvalue weighted by atomic mass is 10.00. The summed E-state index contributed by atoms with van der Waals surface area (Å²) in [6.07, 6.45) is -0.597. The van der Waals surface area contributed by atoms with Gasteiger partial charge in [0, 0.05) is 63.7 Å². The maximum absolute atomic E-state index is 11.0. The monoisotopic (exact) mass is 352 g/mol. The Labute approximate surface area is 155 Å². The number of benzene rings is 2. The molecule has 138 valence electrons. The fourth-order valence-electron chi connectivity index (χ4n) is 3.82. The molecule has 0 saturated carbocycles. The lowest BCUT2D eigenvalue weighted by molar-refractivity contribution is 0.220. The van der Waals surface area contributed by atoms with Crippen molar-refractivity contribution in [2.45, 2.75) is 6.10 Å². The van der Waals surface area contributed by atoms with Crippen LogP contribution in [0.3, 0.4) is 0 Å². The molecule has 2 aliphatic rings. The van der Waals surface area contributed by atoms with E-state index in [1.165, 1.54) is 11.4 Å². The van der Waals surface area contributed by atoms with E-state index < -0.39 is 6.10 Å². The fourth-order valence-corrected chi connectivity index (χ4v) is 3.82. The Bertz CT molecular complexity index is 662. The molecule has 2 fully saturated rings. The standard InChI is InChI=1S/C21H28N4O/c26-21(17-3-1-5-19(15-17)24-11-7-22-8-12-24)18-4-2-6-20(16-18)25-13-9-23-10-14-25/h1-6,15-16,21-23,26H,7-14H2. The molecular weight excluding hydrogens is 324 g/mol. The first-order valence-corrected chi connectivity index (χ1v) is 9.60. The number of rotatable bonds is 4. The summed E-state index contributed by atoms with van der Waals surface area (Å²) < 4.78 is 0. The molecule has 0 aliphatic carbocycles. The summed E-state index contributed by atoms with van der Waals surface area (Å²) in [6.45, 7) is 8.10. The zero-order chi connectivity index (χ0) is 17.8. The molecule has 5 nitrogen and oxygen atoms in total. The van der Waals surface area contributed by atoms with Crippen LogP contribution >= 0.6 is 0 Å². The van der Waals surface area contributed by atoms with Crippen LogP contribution < -0.4 is 20.4 Å². The predicted molar refractivity (Wildman–Crippen MR) is 107 cm³/mol. The lowest BCUT2D eigenvalue weighted by Gasteiger charge is -2.30. The van der Waals surface area contributed by atoms with Crippen molar-refractivity contribution in [1.82, 2.24) is 10.6 Å². The smallest absolute Gasteiger partial charge is 0.104 e. The van der Waals surface area contributed by atoms with Crippen LogP contribution in [0, 0.1) is 0 Å². The van der Waals surface area contributed by atoms with Crippen molar-refractivity contribution in [3.63, 3.8) is 0 Å². The van der Waals surface area contributed by atoms with Crippen molar-refractivity contribution in [3.05, 3.63) is 59.7 Å². The SMILES string of the molecule is OC(c1cccc(N2CCNCC2)c1)c1cccc(N2CCNCC2)c1. The molecule has 0 atom stereocenters. The first-order valence-electron chi connectivity index (χ1n) is 9.60. The number of aliphatic hydroxyl groups is 1. The van der Waals surface area contributed by atoms with Crippen LogP contribution in [-0.2, 0) is 0 Å². The molecule has 0 amide bonds. The van der Waals surface area contributed by atoms with Gasteiger partial charge in [-0.3, -0.25) is 0 Å². The molecule has 0 aromatic heterocycles. The molecule has 2 aliphatic heterocycles. The second-order valence-corrected chi connectivity index (χ2v) is 7.07. The first-order chi connectivity index (χ1) is 12.8. The van der Waals surface area contributed by atoms with E-state index in [0.717, 1.165) is 63.5 Å². The average Bonchev–Trinajstić information content (AvgIpc) is 2.75. The number of nitrogens with one attached hydrogen (secondary N) is 2. The number of nitrogens with zero attached hydrogens (tertiary/aromatic N) is 2. The van der Waals surface area contributed by atoms with E-state index in [1.54, 1.807) is 0 Å². The zero-order valence-corrected chi connectivity index (χ0v) is 15.2. The Kier molecular flexibility index (Phi) is 5.39. The summed E-state index contributed by atoms with van der Waals surface area (Å²) >= 11 is 0. The number of anilines is 2. The minimum atomic E-state index is -0.597. The van der Waals surface area contributed by atoms with E-state index in [9.17, 15) is 5.11 Å². The molecule has 5 heteroatoms. The van der Waals surface area contributed by atoms with Crippen LogP contribution in [0.25, 0.3) is 0 Å². The maximum atomic E-state index is 11.0. The Morgan fingerprint density at radius 3 is 1.54 bits per heavy atom. The summed E-state index contributed by atoms with van der Waals surface area (Å²) in [6, 6.07) is 16.7. The zero-order valence-electron chi connectivity index (χ0n) is 15.2. The second kappa shape index (κ2) is 8.08. The third-order valence-electron chi connectivity index (χ3n) is 5.34. The third-order valence-corrected chi connectivity index (χ3v) is 5.34. The van der Waals surface area contributed by atoms with Gasteiger partial charge in [-0.05, 0) is 35.4 Å². The number of piperazine rings is 2. The molecule has 2 aromatic rings. The number of aliphatic hydroxyl groups excluding tert-OH is 1. The highest BCUT2D eigenvalue weighted by Crippen LogP contribution is 2.28. The minimum absolute atomic E-state index is 0.597. The highest BCUT2D eigenvalue weighted by Gasteiger charge is 2.16.